The van der Waals surface area contributed by atoms with Crippen molar-refractivity contribution >= 4 is 17.3 Å². The van der Waals surface area contributed by atoms with Gasteiger partial charge in [0.2, 0.25) is 0 Å². The molecule has 4 N–H and O–H groups in total. The summed E-state index contributed by atoms with van der Waals surface area (Å²) in [6, 6.07) is 0. The van der Waals surface area contributed by atoms with Crippen LogP contribution in [-0.4, -0.2) is 30.3 Å². The van der Waals surface area contributed by atoms with Gasteiger partial charge in [0.25, 0.3) is 0 Å². The molecule has 0 fully saturated rings. The Hall–Kier alpha value is -1.65. The molecular formula is C11H19N5. The van der Waals surface area contributed by atoms with Crippen molar-refractivity contribution < 1.29 is 0 Å². The fraction of sp³-hybridized carbons (Fsp3) is 0.545. The van der Waals surface area contributed by atoms with E-state index in [4.69, 9.17) is 11.1 Å². The van der Waals surface area contributed by atoms with Crippen molar-refractivity contribution in [3.63, 3.8) is 0 Å². The first-order chi connectivity index (χ1) is 7.61. The zero-order chi connectivity index (χ0) is 12.0. The van der Waals surface area contributed by atoms with Crippen LogP contribution < -0.4 is 11.1 Å². The molecule has 0 saturated heterocycles. The standard InChI is InChI=1S/C11H19N5/c1-8-3-4-16-11(13)10(9(2)12)15-6-5-14-7-8/h5-6,8,12,14H,3-4,7H2,1-2H3,(H2,13,16)/b6-5+,12-9?,15-10-. The Kier molecular flexibility index (Phi) is 4.69. The van der Waals surface area contributed by atoms with E-state index in [1.807, 2.05) is 0 Å². The van der Waals surface area contributed by atoms with Gasteiger partial charge in [0.15, 0.2) is 0 Å². The quantitative estimate of drug-likeness (QED) is 0.575. The van der Waals surface area contributed by atoms with Crippen LogP contribution in [0.25, 0.3) is 0 Å². The third kappa shape index (κ3) is 3.84. The van der Waals surface area contributed by atoms with Crippen molar-refractivity contribution in [1.82, 2.24) is 5.32 Å². The molecule has 0 aromatic carbocycles. The third-order valence-corrected chi connectivity index (χ3v) is 2.36. The van der Waals surface area contributed by atoms with E-state index in [0.717, 1.165) is 13.0 Å². The fourth-order valence-electron chi connectivity index (χ4n) is 1.37. The maximum Gasteiger partial charge on any atom is 0.146 e. The van der Waals surface area contributed by atoms with Gasteiger partial charge in [-0.25, -0.2) is 4.99 Å². The molecule has 0 aromatic rings. The maximum atomic E-state index is 7.56. The topological polar surface area (TPSA) is 86.6 Å². The molecular weight excluding hydrogens is 202 g/mol. The van der Waals surface area contributed by atoms with Crippen LogP contribution in [0.4, 0.5) is 0 Å². The molecule has 1 aliphatic heterocycles. The SMILES string of the molecule is CC(=N)C1=N/C=C/NCC(C)CC/N=C\1N. The Balaban J connectivity index is 2.88. The van der Waals surface area contributed by atoms with E-state index in [1.165, 1.54) is 0 Å². The van der Waals surface area contributed by atoms with Gasteiger partial charge in [-0.3, -0.25) is 4.99 Å². The summed E-state index contributed by atoms with van der Waals surface area (Å²) < 4.78 is 0. The molecule has 5 nitrogen and oxygen atoms in total. The van der Waals surface area contributed by atoms with E-state index in [-0.39, 0.29) is 0 Å². The first kappa shape index (κ1) is 12.4. The zero-order valence-electron chi connectivity index (χ0n) is 9.83. The highest BCUT2D eigenvalue weighted by Crippen LogP contribution is 2.01. The van der Waals surface area contributed by atoms with Crippen LogP contribution in [0.2, 0.25) is 0 Å². The molecule has 1 unspecified atom stereocenters. The summed E-state index contributed by atoms with van der Waals surface area (Å²) in [6.45, 7) is 5.40. The van der Waals surface area contributed by atoms with E-state index in [0.29, 0.717) is 29.7 Å². The van der Waals surface area contributed by atoms with Crippen molar-refractivity contribution in [1.29, 1.82) is 5.41 Å². The lowest BCUT2D eigenvalue weighted by Gasteiger charge is -2.08. The van der Waals surface area contributed by atoms with Crippen LogP contribution >= 0.6 is 0 Å². The first-order valence-corrected chi connectivity index (χ1v) is 5.43. The van der Waals surface area contributed by atoms with Gasteiger partial charge in [-0.15, -0.1) is 0 Å². The Labute approximate surface area is 96.1 Å². The van der Waals surface area contributed by atoms with Crippen molar-refractivity contribution in [2.45, 2.75) is 20.3 Å². The summed E-state index contributed by atoms with van der Waals surface area (Å²) in [7, 11) is 0. The van der Waals surface area contributed by atoms with Gasteiger partial charge >= 0.3 is 0 Å². The molecule has 0 bridgehead atoms. The van der Waals surface area contributed by atoms with Crippen LogP contribution in [0.15, 0.2) is 22.4 Å². The fourth-order valence-corrected chi connectivity index (χ4v) is 1.37. The lowest BCUT2D eigenvalue weighted by Crippen LogP contribution is -2.29. The van der Waals surface area contributed by atoms with Gasteiger partial charge in [-0.05, 0) is 19.3 Å². The monoisotopic (exact) mass is 221 g/mol. The van der Waals surface area contributed by atoms with Gasteiger partial charge in [0, 0.05) is 25.5 Å². The van der Waals surface area contributed by atoms with Crippen LogP contribution in [0, 0.1) is 11.3 Å². The molecule has 0 saturated carbocycles. The van der Waals surface area contributed by atoms with Gasteiger partial charge < -0.3 is 16.5 Å². The largest absolute Gasteiger partial charge is 0.389 e. The smallest absolute Gasteiger partial charge is 0.146 e. The second-order valence-corrected chi connectivity index (χ2v) is 3.99. The lowest BCUT2D eigenvalue weighted by atomic mass is 10.1. The highest BCUT2D eigenvalue weighted by molar-refractivity contribution is 6.67. The minimum absolute atomic E-state index is 0.332. The first-order valence-electron chi connectivity index (χ1n) is 5.43. The van der Waals surface area contributed by atoms with Gasteiger partial charge in [-0.2, -0.15) is 0 Å². The third-order valence-electron chi connectivity index (χ3n) is 2.36. The lowest BCUT2D eigenvalue weighted by molar-refractivity contribution is 0.522. The van der Waals surface area contributed by atoms with Crippen molar-refractivity contribution in [2.75, 3.05) is 13.1 Å². The molecule has 1 aliphatic rings. The number of hydrogen-bond donors (Lipinski definition) is 3. The minimum atomic E-state index is 0.332. The Morgan fingerprint density at radius 2 is 2.38 bits per heavy atom. The van der Waals surface area contributed by atoms with E-state index < -0.39 is 0 Å². The normalized spacial score (nSPS) is 31.0. The molecule has 5 heteroatoms. The average Bonchev–Trinajstić information content (AvgIpc) is 2.24. The minimum Gasteiger partial charge on any atom is -0.389 e. The van der Waals surface area contributed by atoms with Crippen molar-refractivity contribution in [3.8, 4) is 0 Å². The summed E-state index contributed by atoms with van der Waals surface area (Å²) in [4.78, 5) is 8.37. The molecule has 16 heavy (non-hydrogen) atoms. The molecule has 0 amide bonds. The molecule has 1 heterocycles. The van der Waals surface area contributed by atoms with Gasteiger partial charge in [0.1, 0.15) is 11.5 Å². The summed E-state index contributed by atoms with van der Waals surface area (Å²) >= 11 is 0. The Bertz CT molecular complexity index is 340. The number of amidine groups is 1. The molecule has 0 aliphatic carbocycles. The molecule has 0 radical (unpaired) electrons. The molecule has 88 valence electrons. The average molecular weight is 221 g/mol. The highest BCUT2D eigenvalue weighted by atomic mass is 14.9. The van der Waals surface area contributed by atoms with Crippen LogP contribution in [-0.2, 0) is 0 Å². The molecule has 1 atom stereocenters. The molecule has 0 aromatic heterocycles. The molecule has 0 spiro atoms. The second kappa shape index (κ2) is 6.05. The summed E-state index contributed by atoms with van der Waals surface area (Å²) in [5, 5.41) is 10.7. The summed E-state index contributed by atoms with van der Waals surface area (Å²) in [5.41, 5.74) is 6.57. The predicted molar refractivity (Wildman–Crippen MR) is 68.2 cm³/mol. The Morgan fingerprint density at radius 1 is 1.62 bits per heavy atom. The predicted octanol–water partition coefficient (Wildman–Crippen LogP) is 0.925. The van der Waals surface area contributed by atoms with E-state index in [2.05, 4.69) is 22.2 Å². The number of nitrogens with zero attached hydrogens (tertiary/aromatic N) is 2. The van der Waals surface area contributed by atoms with E-state index >= 15 is 0 Å². The van der Waals surface area contributed by atoms with Gasteiger partial charge in [-0.1, -0.05) is 6.92 Å². The van der Waals surface area contributed by atoms with Crippen LogP contribution in [0.5, 0.6) is 0 Å². The van der Waals surface area contributed by atoms with Crippen molar-refractivity contribution in [2.24, 2.45) is 21.6 Å². The van der Waals surface area contributed by atoms with E-state index in [1.54, 1.807) is 19.3 Å². The van der Waals surface area contributed by atoms with Gasteiger partial charge in [0.05, 0.1) is 5.71 Å². The zero-order valence-corrected chi connectivity index (χ0v) is 9.83. The number of nitrogens with one attached hydrogen (secondary N) is 2. The number of nitrogens with two attached hydrogens (primary N) is 1. The second-order valence-electron chi connectivity index (χ2n) is 3.99. The summed E-state index contributed by atoms with van der Waals surface area (Å²) in [6.07, 6.45) is 4.37. The van der Waals surface area contributed by atoms with Crippen molar-refractivity contribution in [3.05, 3.63) is 12.4 Å². The highest BCUT2D eigenvalue weighted by Gasteiger charge is 2.08. The molecule has 1 rings (SSSR count). The Morgan fingerprint density at radius 3 is 3.06 bits per heavy atom. The number of rotatable bonds is 1. The number of hydrogen-bond acceptors (Lipinski definition) is 5. The van der Waals surface area contributed by atoms with Crippen LogP contribution in [0.3, 0.4) is 0 Å². The maximum absolute atomic E-state index is 7.56. The summed E-state index contributed by atoms with van der Waals surface area (Å²) in [5.74, 6) is 0.898. The van der Waals surface area contributed by atoms with E-state index in [9.17, 15) is 0 Å². The van der Waals surface area contributed by atoms with Crippen LogP contribution in [0.1, 0.15) is 20.3 Å². The number of aliphatic imine (C=N–C) groups is 2.